The molecule has 5 heteroatoms. The van der Waals surface area contributed by atoms with Crippen LogP contribution in [0.2, 0.25) is 0 Å². The van der Waals surface area contributed by atoms with E-state index in [0.29, 0.717) is 23.5 Å². The molecule has 0 aliphatic rings. The number of carboxylic acid groups (broad SMARTS) is 2. The van der Waals surface area contributed by atoms with Crippen LogP contribution in [-0.2, 0) is 28.9 Å². The van der Waals surface area contributed by atoms with Crippen LogP contribution in [-0.4, -0.2) is 28.8 Å². The predicted molar refractivity (Wildman–Crippen MR) is 84.8 cm³/mol. The van der Waals surface area contributed by atoms with Crippen molar-refractivity contribution in [3.05, 3.63) is 65.2 Å². The van der Waals surface area contributed by atoms with Gasteiger partial charge in [-0.3, -0.25) is 9.59 Å². The highest BCUT2D eigenvalue weighted by Gasteiger charge is 2.08. The lowest BCUT2D eigenvalue weighted by Crippen LogP contribution is -2.06. The first kappa shape index (κ1) is 16.5. The van der Waals surface area contributed by atoms with Crippen LogP contribution in [0.15, 0.2) is 48.5 Å². The van der Waals surface area contributed by atoms with Crippen molar-refractivity contribution in [3.8, 4) is 5.75 Å². The molecule has 0 saturated carbocycles. The Morgan fingerprint density at radius 2 is 1.39 bits per heavy atom. The lowest BCUT2D eigenvalue weighted by Gasteiger charge is -2.10. The molecule has 2 N–H and O–H groups in total. The van der Waals surface area contributed by atoms with E-state index < -0.39 is 11.9 Å². The van der Waals surface area contributed by atoms with Gasteiger partial charge in [0.15, 0.2) is 0 Å². The minimum atomic E-state index is -0.965. The third-order valence-electron chi connectivity index (χ3n) is 3.24. The molecular formula is C18H18O5. The van der Waals surface area contributed by atoms with Crippen LogP contribution < -0.4 is 4.74 Å². The molecule has 0 aliphatic carbocycles. The van der Waals surface area contributed by atoms with E-state index in [2.05, 4.69) is 0 Å². The van der Waals surface area contributed by atoms with Crippen molar-refractivity contribution < 1.29 is 24.5 Å². The topological polar surface area (TPSA) is 83.8 Å². The Bertz CT molecular complexity index is 645. The van der Waals surface area contributed by atoms with E-state index in [1.54, 1.807) is 18.2 Å². The lowest BCUT2D eigenvalue weighted by molar-refractivity contribution is -0.137. The number of carboxylic acids is 2. The number of hydrogen-bond donors (Lipinski definition) is 2. The first-order valence-electron chi connectivity index (χ1n) is 7.26. The van der Waals surface area contributed by atoms with Crippen molar-refractivity contribution >= 4 is 11.9 Å². The Kier molecular flexibility index (Phi) is 5.74. The van der Waals surface area contributed by atoms with Crippen LogP contribution in [0.5, 0.6) is 5.75 Å². The highest BCUT2D eigenvalue weighted by Crippen LogP contribution is 2.19. The first-order valence-corrected chi connectivity index (χ1v) is 7.26. The molecule has 0 aromatic heterocycles. The van der Waals surface area contributed by atoms with Gasteiger partial charge in [0.05, 0.1) is 19.4 Å². The second-order valence-electron chi connectivity index (χ2n) is 5.21. The molecule has 0 atom stereocenters. The van der Waals surface area contributed by atoms with E-state index in [9.17, 15) is 9.59 Å². The second kappa shape index (κ2) is 7.98. The summed E-state index contributed by atoms with van der Waals surface area (Å²) in [5.41, 5.74) is 2.21. The smallest absolute Gasteiger partial charge is 0.307 e. The second-order valence-corrected chi connectivity index (χ2v) is 5.21. The van der Waals surface area contributed by atoms with Crippen LogP contribution in [0.4, 0.5) is 0 Å². The molecular weight excluding hydrogens is 296 g/mol. The van der Waals surface area contributed by atoms with E-state index in [0.717, 1.165) is 12.0 Å². The highest BCUT2D eigenvalue weighted by molar-refractivity contribution is 5.72. The molecule has 0 spiro atoms. The van der Waals surface area contributed by atoms with Gasteiger partial charge in [0.1, 0.15) is 5.75 Å². The number of rotatable bonds is 8. The maximum Gasteiger partial charge on any atom is 0.307 e. The van der Waals surface area contributed by atoms with Gasteiger partial charge in [-0.2, -0.15) is 0 Å². The number of benzene rings is 2. The van der Waals surface area contributed by atoms with E-state index in [1.807, 2.05) is 30.3 Å². The van der Waals surface area contributed by atoms with Crippen molar-refractivity contribution in [3.63, 3.8) is 0 Å². The summed E-state index contributed by atoms with van der Waals surface area (Å²) in [7, 11) is 0. The molecule has 0 aliphatic heterocycles. The summed E-state index contributed by atoms with van der Waals surface area (Å²) in [5.74, 6) is -1.43. The standard InChI is InChI=1S/C18H18O5/c19-17(20)11-14-8-15(12-18(21)22)10-16(9-14)23-7-6-13-4-2-1-3-5-13/h1-5,8-10H,6-7,11-12H2,(H,19,20)(H,21,22). The maximum absolute atomic E-state index is 10.9. The fraction of sp³-hybridized carbons (Fsp3) is 0.222. The van der Waals surface area contributed by atoms with Crippen LogP contribution in [0.25, 0.3) is 0 Å². The molecule has 5 nitrogen and oxygen atoms in total. The fourth-order valence-electron chi connectivity index (χ4n) is 2.30. The molecule has 0 fully saturated rings. The van der Waals surface area contributed by atoms with E-state index in [4.69, 9.17) is 14.9 Å². The molecule has 120 valence electrons. The Balaban J connectivity index is 2.06. The number of carbonyl (C=O) groups is 2. The molecule has 0 unspecified atom stereocenters. The van der Waals surface area contributed by atoms with Crippen molar-refractivity contribution in [2.45, 2.75) is 19.3 Å². The largest absolute Gasteiger partial charge is 0.493 e. The maximum atomic E-state index is 10.9. The molecule has 0 bridgehead atoms. The summed E-state index contributed by atoms with van der Waals surface area (Å²) < 4.78 is 5.67. The summed E-state index contributed by atoms with van der Waals surface area (Å²) in [6.45, 7) is 0.438. The van der Waals surface area contributed by atoms with Crippen molar-refractivity contribution in [2.24, 2.45) is 0 Å². The third kappa shape index (κ3) is 5.82. The van der Waals surface area contributed by atoms with Crippen molar-refractivity contribution in [1.82, 2.24) is 0 Å². The Morgan fingerprint density at radius 3 is 1.91 bits per heavy atom. The van der Waals surface area contributed by atoms with Gasteiger partial charge >= 0.3 is 11.9 Å². The van der Waals surface area contributed by atoms with Gasteiger partial charge in [-0.1, -0.05) is 36.4 Å². The van der Waals surface area contributed by atoms with Crippen molar-refractivity contribution in [1.29, 1.82) is 0 Å². The Morgan fingerprint density at radius 1 is 0.826 bits per heavy atom. The quantitative estimate of drug-likeness (QED) is 0.782. The van der Waals surface area contributed by atoms with Crippen LogP contribution in [0.1, 0.15) is 16.7 Å². The highest BCUT2D eigenvalue weighted by atomic mass is 16.5. The van der Waals surface area contributed by atoms with Crippen LogP contribution >= 0.6 is 0 Å². The van der Waals surface area contributed by atoms with Crippen molar-refractivity contribution in [2.75, 3.05) is 6.61 Å². The zero-order valence-electron chi connectivity index (χ0n) is 12.6. The number of aliphatic carboxylic acids is 2. The SMILES string of the molecule is O=C(O)Cc1cc(CC(=O)O)cc(OCCc2ccccc2)c1. The summed E-state index contributed by atoms with van der Waals surface area (Å²) in [6, 6.07) is 14.7. The molecule has 2 aromatic carbocycles. The molecule has 23 heavy (non-hydrogen) atoms. The molecule has 2 aromatic rings. The van der Waals surface area contributed by atoms with Gasteiger partial charge in [-0.05, 0) is 28.8 Å². The molecule has 0 saturated heterocycles. The average Bonchev–Trinajstić information content (AvgIpc) is 2.46. The van der Waals surface area contributed by atoms with Gasteiger partial charge in [0.25, 0.3) is 0 Å². The molecule has 0 amide bonds. The fourth-order valence-corrected chi connectivity index (χ4v) is 2.30. The number of hydrogen-bond acceptors (Lipinski definition) is 3. The summed E-state index contributed by atoms with van der Waals surface area (Å²) in [5, 5.41) is 17.8. The third-order valence-corrected chi connectivity index (χ3v) is 3.24. The van der Waals surface area contributed by atoms with Gasteiger partial charge in [0, 0.05) is 6.42 Å². The van der Waals surface area contributed by atoms with E-state index in [-0.39, 0.29) is 12.8 Å². The van der Waals surface area contributed by atoms with Gasteiger partial charge < -0.3 is 14.9 Å². The Hall–Kier alpha value is -2.82. The zero-order chi connectivity index (χ0) is 16.7. The molecule has 2 rings (SSSR count). The van der Waals surface area contributed by atoms with E-state index in [1.165, 1.54) is 0 Å². The van der Waals surface area contributed by atoms with Crippen LogP contribution in [0, 0.1) is 0 Å². The summed E-state index contributed by atoms with van der Waals surface area (Å²) in [6.07, 6.45) is 0.392. The van der Waals surface area contributed by atoms with Gasteiger partial charge in [-0.15, -0.1) is 0 Å². The monoisotopic (exact) mass is 314 g/mol. The first-order chi connectivity index (χ1) is 11.0. The molecule has 0 radical (unpaired) electrons. The average molecular weight is 314 g/mol. The molecule has 0 heterocycles. The van der Waals surface area contributed by atoms with E-state index >= 15 is 0 Å². The lowest BCUT2D eigenvalue weighted by atomic mass is 10.1. The zero-order valence-corrected chi connectivity index (χ0v) is 12.6. The van der Waals surface area contributed by atoms with Gasteiger partial charge in [-0.25, -0.2) is 0 Å². The summed E-state index contributed by atoms with van der Waals surface area (Å²) in [4.78, 5) is 21.7. The van der Waals surface area contributed by atoms with Crippen LogP contribution in [0.3, 0.4) is 0 Å². The predicted octanol–water partition coefficient (Wildman–Crippen LogP) is 2.56. The summed E-state index contributed by atoms with van der Waals surface area (Å²) >= 11 is 0. The minimum absolute atomic E-state index is 0.164. The Labute approximate surface area is 134 Å². The van der Waals surface area contributed by atoms with Gasteiger partial charge in [0.2, 0.25) is 0 Å². The normalized spacial score (nSPS) is 10.3. The number of ether oxygens (including phenoxy) is 1. The minimum Gasteiger partial charge on any atom is -0.493 e.